The van der Waals surface area contributed by atoms with Crippen molar-refractivity contribution in [3.8, 4) is 0 Å². The van der Waals surface area contributed by atoms with Crippen LogP contribution in [0.3, 0.4) is 0 Å². The molecular formula is C15H18BrClO. The van der Waals surface area contributed by atoms with Crippen molar-refractivity contribution in [2.24, 2.45) is 5.92 Å². The first-order chi connectivity index (χ1) is 8.70. The largest absolute Gasteiger partial charge is 0.392 e. The van der Waals surface area contributed by atoms with Crippen LogP contribution in [0.1, 0.15) is 37.7 Å². The highest BCUT2D eigenvalue weighted by Gasteiger charge is 2.17. The first-order valence-electron chi connectivity index (χ1n) is 6.47. The highest BCUT2D eigenvalue weighted by Crippen LogP contribution is 2.31. The molecule has 1 aromatic rings. The van der Waals surface area contributed by atoms with Gasteiger partial charge in [0.2, 0.25) is 0 Å². The molecule has 1 N–H and O–H groups in total. The number of benzene rings is 1. The van der Waals surface area contributed by atoms with Crippen LogP contribution in [0, 0.1) is 5.92 Å². The average molecular weight is 330 g/mol. The normalized spacial score (nSPS) is 18.1. The summed E-state index contributed by atoms with van der Waals surface area (Å²) in [4.78, 5) is 0. The smallest absolute Gasteiger partial charge is 0.0647 e. The van der Waals surface area contributed by atoms with E-state index >= 15 is 0 Å². The van der Waals surface area contributed by atoms with Crippen molar-refractivity contribution in [2.75, 3.05) is 6.61 Å². The van der Waals surface area contributed by atoms with Crippen LogP contribution in [0.4, 0.5) is 0 Å². The molecular weight excluding hydrogens is 312 g/mol. The third kappa shape index (κ3) is 3.59. The Hall–Kier alpha value is -0.310. The second-order valence-electron chi connectivity index (χ2n) is 4.89. The Kier molecular flexibility index (Phi) is 5.28. The van der Waals surface area contributed by atoms with Crippen LogP contribution in [0.2, 0.25) is 5.02 Å². The van der Waals surface area contributed by atoms with E-state index < -0.39 is 0 Å². The van der Waals surface area contributed by atoms with E-state index in [1.807, 2.05) is 18.2 Å². The Balaban J connectivity index is 2.19. The average Bonchev–Trinajstić information content (AvgIpc) is 2.41. The molecule has 0 radical (unpaired) electrons. The molecule has 1 saturated carbocycles. The van der Waals surface area contributed by atoms with Crippen molar-refractivity contribution < 1.29 is 5.11 Å². The molecule has 0 unspecified atom stereocenters. The van der Waals surface area contributed by atoms with Gasteiger partial charge in [0.1, 0.15) is 0 Å². The van der Waals surface area contributed by atoms with Crippen LogP contribution in [-0.2, 0) is 0 Å². The molecule has 98 valence electrons. The Bertz CT molecular complexity index is 436. The Labute approximate surface area is 122 Å². The minimum Gasteiger partial charge on any atom is -0.392 e. The third-order valence-corrected chi connectivity index (χ3v) is 4.84. The molecule has 1 aliphatic carbocycles. The van der Waals surface area contributed by atoms with Gasteiger partial charge in [0.25, 0.3) is 0 Å². The summed E-state index contributed by atoms with van der Waals surface area (Å²) in [6.07, 6.45) is 8.40. The Morgan fingerprint density at radius 3 is 2.67 bits per heavy atom. The maximum Gasteiger partial charge on any atom is 0.0647 e. The molecule has 0 spiro atoms. The van der Waals surface area contributed by atoms with E-state index in [0.29, 0.717) is 10.9 Å². The number of rotatable bonds is 3. The van der Waals surface area contributed by atoms with E-state index in [0.717, 1.165) is 15.6 Å². The van der Waals surface area contributed by atoms with Gasteiger partial charge < -0.3 is 5.11 Å². The van der Waals surface area contributed by atoms with Crippen LogP contribution in [-0.4, -0.2) is 11.7 Å². The summed E-state index contributed by atoms with van der Waals surface area (Å²) in [6.45, 7) is 0.151. The van der Waals surface area contributed by atoms with Crippen LogP contribution >= 0.6 is 27.5 Å². The standard InChI is InChI=1S/C15H18BrClO/c16-14-7-6-11(9-15(14)17)8-13(10-18)12-4-2-1-3-5-12/h6-9,12,18H,1-5,10H2/b13-8-. The van der Waals surface area contributed by atoms with E-state index in [1.54, 1.807) is 0 Å². The van der Waals surface area contributed by atoms with E-state index in [9.17, 15) is 5.11 Å². The minimum absolute atomic E-state index is 0.151. The summed E-state index contributed by atoms with van der Waals surface area (Å²) in [5.41, 5.74) is 2.21. The summed E-state index contributed by atoms with van der Waals surface area (Å²) in [5, 5.41) is 10.3. The molecule has 0 saturated heterocycles. The monoisotopic (exact) mass is 328 g/mol. The zero-order chi connectivity index (χ0) is 13.0. The van der Waals surface area contributed by atoms with Gasteiger partial charge in [-0.15, -0.1) is 0 Å². The fourth-order valence-electron chi connectivity index (χ4n) is 2.58. The van der Waals surface area contributed by atoms with Gasteiger partial charge >= 0.3 is 0 Å². The summed E-state index contributed by atoms with van der Waals surface area (Å²) < 4.78 is 0.907. The van der Waals surface area contributed by atoms with Gasteiger partial charge in [0.15, 0.2) is 0 Å². The molecule has 2 rings (SSSR count). The lowest BCUT2D eigenvalue weighted by atomic mass is 9.83. The number of halogens is 2. The van der Waals surface area contributed by atoms with E-state index in [4.69, 9.17) is 11.6 Å². The second kappa shape index (κ2) is 6.74. The Morgan fingerprint density at radius 1 is 1.33 bits per heavy atom. The molecule has 0 bridgehead atoms. The topological polar surface area (TPSA) is 20.2 Å². The minimum atomic E-state index is 0.151. The molecule has 0 amide bonds. The van der Waals surface area contributed by atoms with E-state index in [-0.39, 0.29) is 6.61 Å². The Morgan fingerprint density at radius 2 is 2.06 bits per heavy atom. The second-order valence-corrected chi connectivity index (χ2v) is 6.15. The third-order valence-electron chi connectivity index (χ3n) is 3.61. The van der Waals surface area contributed by atoms with Gasteiger partial charge in [-0.25, -0.2) is 0 Å². The molecule has 3 heteroatoms. The number of aliphatic hydroxyl groups is 1. The van der Waals surface area contributed by atoms with Gasteiger partial charge in [-0.2, -0.15) is 0 Å². The lowest BCUT2D eigenvalue weighted by Crippen LogP contribution is -2.11. The molecule has 18 heavy (non-hydrogen) atoms. The highest BCUT2D eigenvalue weighted by atomic mass is 79.9. The quantitative estimate of drug-likeness (QED) is 0.822. The van der Waals surface area contributed by atoms with Crippen molar-refractivity contribution in [3.63, 3.8) is 0 Å². The van der Waals surface area contributed by atoms with Crippen molar-refractivity contribution in [1.29, 1.82) is 0 Å². The van der Waals surface area contributed by atoms with Crippen LogP contribution in [0.25, 0.3) is 6.08 Å². The zero-order valence-electron chi connectivity index (χ0n) is 10.3. The van der Waals surface area contributed by atoms with Crippen molar-refractivity contribution in [3.05, 3.63) is 38.8 Å². The predicted octanol–water partition coefficient (Wildman–Crippen LogP) is 5.06. The first kappa shape index (κ1) is 14.1. The van der Waals surface area contributed by atoms with Crippen molar-refractivity contribution >= 4 is 33.6 Å². The maximum absolute atomic E-state index is 9.55. The predicted molar refractivity (Wildman–Crippen MR) is 80.8 cm³/mol. The maximum atomic E-state index is 9.55. The summed E-state index contributed by atoms with van der Waals surface area (Å²) in [6, 6.07) is 5.91. The summed E-state index contributed by atoms with van der Waals surface area (Å²) in [5.74, 6) is 0.547. The van der Waals surface area contributed by atoms with Crippen LogP contribution in [0.5, 0.6) is 0 Å². The highest BCUT2D eigenvalue weighted by molar-refractivity contribution is 9.10. The van der Waals surface area contributed by atoms with E-state index in [2.05, 4.69) is 22.0 Å². The number of hydrogen-bond acceptors (Lipinski definition) is 1. The lowest BCUT2D eigenvalue weighted by Gasteiger charge is -2.23. The summed E-state index contributed by atoms with van der Waals surface area (Å²) >= 11 is 9.47. The van der Waals surface area contributed by atoms with Gasteiger partial charge in [-0.05, 0) is 58.0 Å². The molecule has 0 aliphatic heterocycles. The lowest BCUT2D eigenvalue weighted by molar-refractivity contribution is 0.295. The van der Waals surface area contributed by atoms with Crippen LogP contribution < -0.4 is 0 Å². The fraction of sp³-hybridized carbons (Fsp3) is 0.467. The fourth-order valence-corrected chi connectivity index (χ4v) is 3.02. The summed E-state index contributed by atoms with van der Waals surface area (Å²) in [7, 11) is 0. The molecule has 1 aromatic carbocycles. The van der Waals surface area contributed by atoms with Crippen LogP contribution in [0.15, 0.2) is 28.2 Å². The van der Waals surface area contributed by atoms with Gasteiger partial charge in [-0.1, -0.05) is 43.0 Å². The molecule has 1 aliphatic rings. The van der Waals surface area contributed by atoms with Gasteiger partial charge in [-0.3, -0.25) is 0 Å². The first-order valence-corrected chi connectivity index (χ1v) is 7.64. The SMILES string of the molecule is OC/C(=C/c1ccc(Br)c(Cl)c1)C1CCCCC1. The molecule has 1 nitrogen and oxygen atoms in total. The number of hydrogen-bond donors (Lipinski definition) is 1. The molecule has 1 fully saturated rings. The van der Waals surface area contributed by atoms with Crippen molar-refractivity contribution in [1.82, 2.24) is 0 Å². The number of aliphatic hydroxyl groups excluding tert-OH is 1. The van der Waals surface area contributed by atoms with Crippen molar-refractivity contribution in [2.45, 2.75) is 32.1 Å². The van der Waals surface area contributed by atoms with Gasteiger partial charge in [0, 0.05) is 4.47 Å². The molecule has 0 aromatic heterocycles. The van der Waals surface area contributed by atoms with Gasteiger partial charge in [0.05, 0.1) is 11.6 Å². The zero-order valence-corrected chi connectivity index (χ0v) is 12.7. The molecule has 0 heterocycles. The van der Waals surface area contributed by atoms with E-state index in [1.165, 1.54) is 32.1 Å². The molecule has 0 atom stereocenters.